The average molecular weight is 158 g/mol. The third-order valence-corrected chi connectivity index (χ3v) is 1.40. The van der Waals surface area contributed by atoms with Crippen LogP contribution >= 0.6 is 0 Å². The first kappa shape index (κ1) is 8.22. The standard InChI is InChI=1S/C10H6O2/c11-7-3-6-9-4-1-2-5-10(9)8-12/h1-6H/b9-6-. The molecule has 0 spiro atoms. The molecule has 0 unspecified atom stereocenters. The van der Waals surface area contributed by atoms with Crippen molar-refractivity contribution in [1.29, 1.82) is 0 Å². The summed E-state index contributed by atoms with van der Waals surface area (Å²) in [6.45, 7) is 0. The summed E-state index contributed by atoms with van der Waals surface area (Å²) in [5, 5.41) is 1.12. The zero-order chi connectivity index (χ0) is 8.81. The second-order valence-electron chi connectivity index (χ2n) is 2.14. The van der Waals surface area contributed by atoms with E-state index in [1.165, 1.54) is 12.2 Å². The Balaban J connectivity index is 3.54. The van der Waals surface area contributed by atoms with Gasteiger partial charge in [-0.15, -0.1) is 0 Å². The van der Waals surface area contributed by atoms with Crippen LogP contribution in [-0.2, 0) is 9.59 Å². The Morgan fingerprint density at radius 3 is 2.58 bits per heavy atom. The molecule has 1 aromatic rings. The molecular weight excluding hydrogens is 152 g/mol. The van der Waals surface area contributed by atoms with Gasteiger partial charge in [0.2, 0.25) is 0 Å². The lowest BCUT2D eigenvalue weighted by atomic mass is 10.2. The maximum atomic E-state index is 10.3. The Morgan fingerprint density at radius 2 is 1.92 bits per heavy atom. The van der Waals surface area contributed by atoms with Gasteiger partial charge in [-0.3, -0.25) is 0 Å². The maximum Gasteiger partial charge on any atom is 0.133 e. The van der Waals surface area contributed by atoms with Crippen molar-refractivity contribution < 1.29 is 9.59 Å². The first-order chi connectivity index (χ1) is 5.88. The highest BCUT2D eigenvalue weighted by molar-refractivity contribution is 5.60. The highest BCUT2D eigenvalue weighted by Crippen LogP contribution is 1.70. The van der Waals surface area contributed by atoms with E-state index in [1.54, 1.807) is 36.1 Å². The molecule has 58 valence electrons. The Morgan fingerprint density at radius 1 is 1.17 bits per heavy atom. The molecule has 0 N–H and O–H groups in total. The molecule has 0 amide bonds. The van der Waals surface area contributed by atoms with E-state index in [9.17, 15) is 9.59 Å². The lowest BCUT2D eigenvalue weighted by Gasteiger charge is -1.81. The summed E-state index contributed by atoms with van der Waals surface area (Å²) in [5.41, 5.74) is 0. The Kier molecular flexibility index (Phi) is 2.80. The maximum absolute atomic E-state index is 10.3. The number of hydrogen-bond donors (Lipinski definition) is 0. The van der Waals surface area contributed by atoms with E-state index in [0.717, 1.165) is 0 Å². The van der Waals surface area contributed by atoms with Gasteiger partial charge in [-0.2, -0.15) is 0 Å². The topological polar surface area (TPSA) is 34.1 Å². The fourth-order valence-electron chi connectivity index (χ4n) is 0.859. The lowest BCUT2D eigenvalue weighted by Crippen LogP contribution is -2.24. The fourth-order valence-corrected chi connectivity index (χ4v) is 0.859. The van der Waals surface area contributed by atoms with Gasteiger partial charge < -0.3 is 0 Å². The number of carbonyl (C=O) groups excluding carboxylic acids is 2. The Labute approximate surface area is 69.1 Å². The van der Waals surface area contributed by atoms with Crippen molar-refractivity contribution in [2.45, 2.75) is 0 Å². The molecule has 0 radical (unpaired) electrons. The van der Waals surface area contributed by atoms with E-state index in [0.29, 0.717) is 10.4 Å². The summed E-state index contributed by atoms with van der Waals surface area (Å²) >= 11 is 0. The van der Waals surface area contributed by atoms with Crippen molar-refractivity contribution in [2.24, 2.45) is 0 Å². The molecule has 1 aromatic carbocycles. The molecular formula is C10H6O2. The van der Waals surface area contributed by atoms with Crippen LogP contribution in [0.3, 0.4) is 0 Å². The first-order valence-corrected chi connectivity index (χ1v) is 3.40. The SMILES string of the molecule is O=C=C/C=c1/ccccc1=C=O. The molecule has 0 saturated carbocycles. The number of hydrogen-bond acceptors (Lipinski definition) is 2. The molecule has 2 nitrogen and oxygen atoms in total. The second kappa shape index (κ2) is 4.09. The van der Waals surface area contributed by atoms with E-state index in [-0.39, 0.29) is 0 Å². The van der Waals surface area contributed by atoms with Crippen LogP contribution in [0.15, 0.2) is 30.3 Å². The van der Waals surface area contributed by atoms with Crippen molar-refractivity contribution in [3.63, 3.8) is 0 Å². The van der Waals surface area contributed by atoms with Gasteiger partial charge in [-0.05, 0) is 17.4 Å². The van der Waals surface area contributed by atoms with Crippen LogP contribution in [0.1, 0.15) is 0 Å². The third kappa shape index (κ3) is 1.80. The number of rotatable bonds is 1. The van der Waals surface area contributed by atoms with E-state index in [1.807, 2.05) is 0 Å². The monoisotopic (exact) mass is 158 g/mol. The minimum absolute atomic E-state index is 0.448. The first-order valence-electron chi connectivity index (χ1n) is 3.40. The van der Waals surface area contributed by atoms with Gasteiger partial charge in [0, 0.05) is 6.08 Å². The molecule has 0 heterocycles. The second-order valence-corrected chi connectivity index (χ2v) is 2.14. The summed E-state index contributed by atoms with van der Waals surface area (Å²) in [7, 11) is 0. The molecule has 0 atom stereocenters. The predicted octanol–water partition coefficient (Wildman–Crippen LogP) is -0.642. The van der Waals surface area contributed by atoms with E-state index in [4.69, 9.17) is 0 Å². The van der Waals surface area contributed by atoms with Gasteiger partial charge in [0.15, 0.2) is 0 Å². The smallest absolute Gasteiger partial charge is 0.133 e. The molecule has 2 heteroatoms. The van der Waals surface area contributed by atoms with E-state index >= 15 is 0 Å². The normalized spacial score (nSPS) is 10.2. The van der Waals surface area contributed by atoms with E-state index < -0.39 is 0 Å². The van der Waals surface area contributed by atoms with Crippen molar-refractivity contribution in [2.75, 3.05) is 0 Å². The Hall–Kier alpha value is -1.88. The van der Waals surface area contributed by atoms with Gasteiger partial charge in [0.25, 0.3) is 0 Å². The Bertz CT molecular complexity index is 447. The highest BCUT2D eigenvalue weighted by atomic mass is 16.1. The van der Waals surface area contributed by atoms with Crippen molar-refractivity contribution in [3.8, 4) is 0 Å². The van der Waals surface area contributed by atoms with Crippen LogP contribution in [0.4, 0.5) is 0 Å². The molecule has 0 saturated heterocycles. The van der Waals surface area contributed by atoms with Crippen LogP contribution in [0.5, 0.6) is 0 Å². The molecule has 0 fully saturated rings. The molecule has 1 rings (SSSR count). The number of allylic oxidation sites excluding steroid dienone is 1. The lowest BCUT2D eigenvalue weighted by molar-refractivity contribution is 0.567. The molecule has 0 bridgehead atoms. The molecule has 12 heavy (non-hydrogen) atoms. The summed E-state index contributed by atoms with van der Waals surface area (Å²) < 4.78 is 0. The van der Waals surface area contributed by atoms with Crippen molar-refractivity contribution in [1.82, 2.24) is 0 Å². The summed E-state index contributed by atoms with van der Waals surface area (Å²) in [6, 6.07) is 6.89. The minimum atomic E-state index is 0.448. The molecule has 0 aliphatic rings. The largest absolute Gasteiger partial charge is 0.234 e. The van der Waals surface area contributed by atoms with E-state index in [2.05, 4.69) is 0 Å². The summed E-state index contributed by atoms with van der Waals surface area (Å²) in [4.78, 5) is 20.2. The average Bonchev–Trinajstić information content (AvgIpc) is 2.15. The van der Waals surface area contributed by atoms with Gasteiger partial charge in [-0.1, -0.05) is 18.2 Å². The van der Waals surface area contributed by atoms with Crippen LogP contribution in [0.25, 0.3) is 6.08 Å². The number of benzene rings is 1. The van der Waals surface area contributed by atoms with Crippen LogP contribution in [-0.4, -0.2) is 11.9 Å². The van der Waals surface area contributed by atoms with Crippen LogP contribution < -0.4 is 10.4 Å². The minimum Gasteiger partial charge on any atom is -0.234 e. The van der Waals surface area contributed by atoms with Crippen molar-refractivity contribution >= 4 is 18.0 Å². The quantitative estimate of drug-likeness (QED) is 0.509. The summed E-state index contributed by atoms with van der Waals surface area (Å²) in [6.07, 6.45) is 2.74. The van der Waals surface area contributed by atoms with Crippen LogP contribution in [0.2, 0.25) is 0 Å². The molecule has 0 aliphatic carbocycles. The zero-order valence-corrected chi connectivity index (χ0v) is 6.28. The van der Waals surface area contributed by atoms with Gasteiger partial charge in [0.05, 0.1) is 5.22 Å². The molecule has 0 aromatic heterocycles. The van der Waals surface area contributed by atoms with Gasteiger partial charge in [0.1, 0.15) is 11.9 Å². The van der Waals surface area contributed by atoms with Crippen LogP contribution in [0, 0.1) is 0 Å². The predicted molar refractivity (Wildman–Crippen MR) is 45.2 cm³/mol. The zero-order valence-electron chi connectivity index (χ0n) is 6.28. The highest BCUT2D eigenvalue weighted by Gasteiger charge is 1.80. The van der Waals surface area contributed by atoms with Gasteiger partial charge >= 0.3 is 0 Å². The summed E-state index contributed by atoms with van der Waals surface area (Å²) in [5.74, 6) is 3.38. The van der Waals surface area contributed by atoms with Crippen molar-refractivity contribution in [3.05, 3.63) is 40.8 Å². The fraction of sp³-hybridized carbons (Fsp3) is 0. The third-order valence-electron chi connectivity index (χ3n) is 1.40. The molecule has 0 aliphatic heterocycles. The van der Waals surface area contributed by atoms with Gasteiger partial charge in [-0.25, -0.2) is 9.59 Å².